The minimum Gasteiger partial charge on any atom is -0.459 e. The smallest absolute Gasteiger partial charge is 0.313 e. The zero-order valence-corrected chi connectivity index (χ0v) is 23.2. The molecule has 0 saturated heterocycles. The number of carbonyl (C=O) groups is 2. The second kappa shape index (κ2) is 7.28. The Balaban J connectivity index is 1.21. The Labute approximate surface area is 212 Å². The fourth-order valence-electron chi connectivity index (χ4n) is 10.4. The van der Waals surface area contributed by atoms with Crippen molar-refractivity contribution in [2.45, 2.75) is 124 Å². The topological polar surface area (TPSA) is 52.6 Å². The van der Waals surface area contributed by atoms with Crippen molar-refractivity contribution < 1.29 is 19.1 Å². The van der Waals surface area contributed by atoms with Gasteiger partial charge in [-0.15, -0.1) is 0 Å². The van der Waals surface area contributed by atoms with Crippen molar-refractivity contribution in [2.24, 2.45) is 57.7 Å². The number of esters is 2. The van der Waals surface area contributed by atoms with E-state index < -0.39 is 11.0 Å². The quantitative estimate of drug-likeness (QED) is 0.396. The van der Waals surface area contributed by atoms with E-state index in [-0.39, 0.29) is 34.3 Å². The Morgan fingerprint density at radius 3 is 2.23 bits per heavy atom. The number of hydrogen-bond donors (Lipinski definition) is 0. The van der Waals surface area contributed by atoms with Crippen LogP contribution in [0.3, 0.4) is 0 Å². The summed E-state index contributed by atoms with van der Waals surface area (Å²) < 4.78 is 13.2. The van der Waals surface area contributed by atoms with Crippen molar-refractivity contribution >= 4 is 11.9 Å². The fourth-order valence-corrected chi connectivity index (χ4v) is 10.4. The molecule has 0 radical (unpaired) electrons. The molecule has 0 spiro atoms. The summed E-state index contributed by atoms with van der Waals surface area (Å²) in [5, 5.41) is 0. The Kier molecular flexibility index (Phi) is 5.05. The van der Waals surface area contributed by atoms with Crippen molar-refractivity contribution in [1.29, 1.82) is 0 Å². The van der Waals surface area contributed by atoms with Gasteiger partial charge in [0, 0.05) is 12.3 Å². The minimum atomic E-state index is -0.461. The molecule has 35 heavy (non-hydrogen) atoms. The summed E-state index contributed by atoms with van der Waals surface area (Å²) in [4.78, 5) is 27.8. The van der Waals surface area contributed by atoms with Crippen molar-refractivity contribution in [2.75, 3.05) is 0 Å². The maximum absolute atomic E-state index is 14.1. The third kappa shape index (κ3) is 3.65. The molecule has 8 aliphatic rings. The zero-order valence-electron chi connectivity index (χ0n) is 23.2. The molecule has 10 atom stereocenters. The van der Waals surface area contributed by atoms with Crippen LogP contribution in [-0.2, 0) is 19.1 Å². The highest BCUT2D eigenvalue weighted by Crippen LogP contribution is 2.70. The molecule has 4 heteroatoms. The summed E-state index contributed by atoms with van der Waals surface area (Å²) >= 11 is 0. The molecule has 8 bridgehead atoms. The van der Waals surface area contributed by atoms with Crippen LogP contribution in [-0.4, -0.2) is 23.1 Å². The molecule has 0 aliphatic heterocycles. The van der Waals surface area contributed by atoms with E-state index in [2.05, 4.69) is 48.5 Å². The van der Waals surface area contributed by atoms with Gasteiger partial charge >= 0.3 is 11.9 Å². The van der Waals surface area contributed by atoms with Crippen LogP contribution in [0.5, 0.6) is 0 Å². The lowest BCUT2D eigenvalue weighted by Crippen LogP contribution is -2.50. The third-order valence-corrected chi connectivity index (χ3v) is 11.7. The first kappa shape index (κ1) is 24.3. The number of hydrogen-bond acceptors (Lipinski definition) is 4. The van der Waals surface area contributed by atoms with Gasteiger partial charge in [-0.25, -0.2) is 0 Å². The van der Waals surface area contributed by atoms with Crippen LogP contribution in [0.1, 0.15) is 113 Å². The number of ether oxygens (including phenoxy) is 2. The van der Waals surface area contributed by atoms with Crippen LogP contribution in [0.4, 0.5) is 0 Å². The molecule has 8 rings (SSSR count). The van der Waals surface area contributed by atoms with Crippen LogP contribution in [0.15, 0.2) is 0 Å². The van der Waals surface area contributed by atoms with Crippen molar-refractivity contribution in [3.05, 3.63) is 0 Å². The minimum absolute atomic E-state index is 0.0463. The molecular formula is C31H48O4. The van der Waals surface area contributed by atoms with Gasteiger partial charge in [0.1, 0.15) is 11.2 Å². The SMILES string of the molecule is CC(C)(C)CC(C(=O)OC12CC3CC(C1)C(C(=O)OC1(C)C4CC5CC(C4)C1C5)(C3)C2)C(C)(C)C. The molecular weight excluding hydrogens is 436 g/mol. The monoisotopic (exact) mass is 484 g/mol. The predicted octanol–water partition coefficient (Wildman–Crippen LogP) is 6.94. The fraction of sp³-hybridized carbons (Fsp3) is 0.935. The molecule has 10 unspecified atom stereocenters. The molecule has 8 aliphatic carbocycles. The van der Waals surface area contributed by atoms with Crippen LogP contribution in [0.2, 0.25) is 0 Å². The highest BCUT2D eigenvalue weighted by Gasteiger charge is 2.71. The van der Waals surface area contributed by atoms with E-state index in [9.17, 15) is 9.59 Å². The summed E-state index contributed by atoms with van der Waals surface area (Å²) in [6.45, 7) is 15.3. The Morgan fingerprint density at radius 1 is 0.857 bits per heavy atom. The van der Waals surface area contributed by atoms with E-state index in [1.165, 1.54) is 25.7 Å². The number of rotatable bonds is 5. The molecule has 0 amide bonds. The van der Waals surface area contributed by atoms with Gasteiger partial charge in [-0.3, -0.25) is 9.59 Å². The van der Waals surface area contributed by atoms with Gasteiger partial charge in [0.05, 0.1) is 11.3 Å². The largest absolute Gasteiger partial charge is 0.459 e. The van der Waals surface area contributed by atoms with Crippen LogP contribution in [0, 0.1) is 57.7 Å². The van der Waals surface area contributed by atoms with E-state index in [0.717, 1.165) is 43.9 Å². The predicted molar refractivity (Wildman–Crippen MR) is 135 cm³/mol. The average molecular weight is 485 g/mol. The van der Waals surface area contributed by atoms with E-state index in [4.69, 9.17) is 9.47 Å². The molecule has 4 nitrogen and oxygen atoms in total. The van der Waals surface area contributed by atoms with Crippen LogP contribution >= 0.6 is 0 Å². The molecule has 8 saturated carbocycles. The first-order valence-corrected chi connectivity index (χ1v) is 14.6. The normalized spacial score (nSPS) is 48.0. The van der Waals surface area contributed by atoms with Gasteiger partial charge in [0.15, 0.2) is 0 Å². The summed E-state index contributed by atoms with van der Waals surface area (Å²) in [6, 6.07) is 0. The second-order valence-corrected chi connectivity index (χ2v) is 16.5. The summed E-state index contributed by atoms with van der Waals surface area (Å²) in [5.74, 6) is 3.45. The molecule has 196 valence electrons. The zero-order chi connectivity index (χ0) is 25.2. The lowest BCUT2D eigenvalue weighted by atomic mass is 9.71. The lowest BCUT2D eigenvalue weighted by molar-refractivity contribution is -0.191. The third-order valence-electron chi connectivity index (χ3n) is 11.7. The summed E-state index contributed by atoms with van der Waals surface area (Å²) in [7, 11) is 0. The molecule has 0 aromatic carbocycles. The van der Waals surface area contributed by atoms with Crippen molar-refractivity contribution in [1.82, 2.24) is 0 Å². The van der Waals surface area contributed by atoms with Gasteiger partial charge in [0.25, 0.3) is 0 Å². The second-order valence-electron chi connectivity index (χ2n) is 16.5. The molecule has 8 fully saturated rings. The average Bonchev–Trinajstić information content (AvgIpc) is 3.29. The Bertz CT molecular complexity index is 921. The van der Waals surface area contributed by atoms with Crippen LogP contribution in [0.25, 0.3) is 0 Å². The van der Waals surface area contributed by atoms with Gasteiger partial charge in [0.2, 0.25) is 0 Å². The van der Waals surface area contributed by atoms with Gasteiger partial charge in [-0.2, -0.15) is 0 Å². The highest BCUT2D eigenvalue weighted by molar-refractivity contribution is 5.80. The Hall–Kier alpha value is -1.06. The molecule has 0 aromatic heterocycles. The van der Waals surface area contributed by atoms with E-state index in [0.29, 0.717) is 30.1 Å². The first-order chi connectivity index (χ1) is 16.1. The van der Waals surface area contributed by atoms with E-state index in [1.54, 1.807) is 0 Å². The van der Waals surface area contributed by atoms with Crippen molar-refractivity contribution in [3.8, 4) is 0 Å². The first-order valence-electron chi connectivity index (χ1n) is 14.6. The molecule has 0 heterocycles. The summed E-state index contributed by atoms with van der Waals surface area (Å²) in [5.41, 5.74) is -1.24. The van der Waals surface area contributed by atoms with Gasteiger partial charge in [-0.1, -0.05) is 41.5 Å². The van der Waals surface area contributed by atoms with Gasteiger partial charge < -0.3 is 9.47 Å². The lowest BCUT2D eigenvalue weighted by Gasteiger charge is -2.45. The van der Waals surface area contributed by atoms with Gasteiger partial charge in [-0.05, 0) is 105 Å². The maximum Gasteiger partial charge on any atom is 0.313 e. The number of carbonyl (C=O) groups excluding carboxylic acids is 2. The Morgan fingerprint density at radius 2 is 1.57 bits per heavy atom. The molecule has 0 N–H and O–H groups in total. The van der Waals surface area contributed by atoms with Crippen LogP contribution < -0.4 is 0 Å². The van der Waals surface area contributed by atoms with Crippen molar-refractivity contribution in [3.63, 3.8) is 0 Å². The summed E-state index contributed by atoms with van der Waals surface area (Å²) in [6.07, 6.45) is 10.5. The standard InChI is InChI=1S/C31H48O4/c1-27(2,3)16-24(28(4,5)6)25(32)34-30-13-19-10-22(15-30)31(14-19,17-30)26(33)35-29(7)21-9-18-8-20(12-21)23(29)11-18/h18-24H,8-17H2,1-7H3. The van der Waals surface area contributed by atoms with E-state index in [1.807, 2.05) is 0 Å². The van der Waals surface area contributed by atoms with E-state index >= 15 is 0 Å². The maximum atomic E-state index is 14.1. The molecule has 0 aromatic rings. The highest BCUT2D eigenvalue weighted by atomic mass is 16.6.